The molecule has 1 unspecified atom stereocenters. The van der Waals surface area contributed by atoms with E-state index < -0.39 is 5.54 Å². The standard InChI is InChI=1S/C30H28Cl2N4O3/c1-17(2)28-27(23(16-37)34-36(28)24-8-6-7-9-26(24)39-5)30(35(4)25-15-20(32)11-10-18(25)3)21-13-12-19(31)14-22(21)33-29(30)38/h6-17H,1-5H3,(H,33,38). The molecule has 39 heavy (non-hydrogen) atoms. The summed E-state index contributed by atoms with van der Waals surface area (Å²) >= 11 is 12.8. The normalized spacial score (nSPS) is 16.3. The smallest absolute Gasteiger partial charge is 0.259 e. The van der Waals surface area contributed by atoms with E-state index >= 15 is 0 Å². The second-order valence-electron chi connectivity index (χ2n) is 9.85. The highest BCUT2D eigenvalue weighted by Crippen LogP contribution is 2.51. The molecular weight excluding hydrogens is 535 g/mol. The fraction of sp³-hybridized carbons (Fsp3) is 0.233. The first-order valence-electron chi connectivity index (χ1n) is 12.5. The summed E-state index contributed by atoms with van der Waals surface area (Å²) in [5.74, 6) is 0.120. The Bertz CT molecular complexity index is 1610. The number of hydrogen-bond donors (Lipinski definition) is 1. The highest BCUT2D eigenvalue weighted by atomic mass is 35.5. The molecule has 200 valence electrons. The predicted octanol–water partition coefficient (Wildman–Crippen LogP) is 6.76. The van der Waals surface area contributed by atoms with Gasteiger partial charge in [-0.05, 0) is 54.8 Å². The molecule has 0 aliphatic carbocycles. The van der Waals surface area contributed by atoms with E-state index in [-0.39, 0.29) is 17.5 Å². The van der Waals surface area contributed by atoms with Crippen molar-refractivity contribution in [2.45, 2.75) is 32.2 Å². The summed E-state index contributed by atoms with van der Waals surface area (Å²) < 4.78 is 7.35. The Balaban J connectivity index is 1.94. The minimum atomic E-state index is -1.47. The van der Waals surface area contributed by atoms with Gasteiger partial charge in [0.25, 0.3) is 5.91 Å². The van der Waals surface area contributed by atoms with Crippen molar-refractivity contribution in [2.75, 3.05) is 24.4 Å². The van der Waals surface area contributed by atoms with Crippen LogP contribution in [0.1, 0.15) is 52.6 Å². The van der Waals surface area contributed by atoms with E-state index in [1.54, 1.807) is 30.0 Å². The van der Waals surface area contributed by atoms with E-state index in [0.717, 1.165) is 11.3 Å². The van der Waals surface area contributed by atoms with E-state index in [4.69, 9.17) is 33.0 Å². The topological polar surface area (TPSA) is 76.5 Å². The molecule has 1 atom stereocenters. The maximum Gasteiger partial charge on any atom is 0.259 e. The molecule has 0 radical (unpaired) electrons. The summed E-state index contributed by atoms with van der Waals surface area (Å²) in [4.78, 5) is 29.0. The number of halogens is 2. The van der Waals surface area contributed by atoms with Crippen LogP contribution in [-0.2, 0) is 10.3 Å². The molecule has 1 aliphatic heterocycles. The molecule has 0 saturated heterocycles. The van der Waals surface area contributed by atoms with Gasteiger partial charge in [-0.25, -0.2) is 4.68 Å². The Kier molecular flexibility index (Phi) is 6.91. The fourth-order valence-corrected chi connectivity index (χ4v) is 5.91. The monoisotopic (exact) mass is 562 g/mol. The number of fused-ring (bicyclic) bond motifs is 1. The summed E-state index contributed by atoms with van der Waals surface area (Å²) in [6.07, 6.45) is 0.703. The van der Waals surface area contributed by atoms with Crippen LogP contribution in [0, 0.1) is 6.92 Å². The Morgan fingerprint density at radius 2 is 1.77 bits per heavy atom. The number of rotatable bonds is 7. The minimum Gasteiger partial charge on any atom is -0.494 e. The molecule has 1 N–H and O–H groups in total. The van der Waals surface area contributed by atoms with E-state index in [9.17, 15) is 9.59 Å². The van der Waals surface area contributed by atoms with Gasteiger partial charge in [0.2, 0.25) is 0 Å². The number of para-hydroxylation sites is 2. The number of aromatic nitrogens is 2. The van der Waals surface area contributed by atoms with Gasteiger partial charge in [0.15, 0.2) is 11.8 Å². The third-order valence-electron chi connectivity index (χ3n) is 7.27. The first kappa shape index (κ1) is 26.8. The van der Waals surface area contributed by atoms with Crippen molar-refractivity contribution in [2.24, 2.45) is 0 Å². The molecule has 7 nitrogen and oxygen atoms in total. The highest BCUT2D eigenvalue weighted by Gasteiger charge is 2.56. The van der Waals surface area contributed by atoms with Gasteiger partial charge in [-0.3, -0.25) is 9.59 Å². The lowest BCUT2D eigenvalue weighted by molar-refractivity contribution is -0.119. The summed E-state index contributed by atoms with van der Waals surface area (Å²) in [6.45, 7) is 5.97. The zero-order chi connectivity index (χ0) is 28.1. The number of benzene rings is 3. The van der Waals surface area contributed by atoms with E-state index in [0.29, 0.717) is 50.3 Å². The van der Waals surface area contributed by atoms with Crippen LogP contribution in [0.25, 0.3) is 5.69 Å². The van der Waals surface area contributed by atoms with Crippen molar-refractivity contribution in [1.29, 1.82) is 0 Å². The zero-order valence-corrected chi connectivity index (χ0v) is 23.8. The number of amides is 1. The second-order valence-corrected chi connectivity index (χ2v) is 10.7. The lowest BCUT2D eigenvalue weighted by atomic mass is 9.78. The van der Waals surface area contributed by atoms with Crippen LogP contribution in [0.2, 0.25) is 10.0 Å². The van der Waals surface area contributed by atoms with Crippen molar-refractivity contribution in [3.05, 3.63) is 98.8 Å². The number of methoxy groups -OCH3 is 1. The predicted molar refractivity (Wildman–Crippen MR) is 155 cm³/mol. The maximum atomic E-state index is 14.4. The van der Waals surface area contributed by atoms with Crippen LogP contribution < -0.4 is 15.0 Å². The summed E-state index contributed by atoms with van der Waals surface area (Å²) in [7, 11) is 3.42. The van der Waals surface area contributed by atoms with Gasteiger partial charge in [0, 0.05) is 39.6 Å². The number of carbonyl (C=O) groups is 2. The Labute approximate surface area is 237 Å². The summed E-state index contributed by atoms with van der Waals surface area (Å²) in [6, 6.07) is 18.3. The molecule has 1 amide bonds. The molecule has 0 fully saturated rings. The SMILES string of the molecule is COc1ccccc1-n1nc(C=O)c(C2(N(C)c3cc(Cl)ccc3C)C(=O)Nc3cc(Cl)ccc32)c1C(C)C. The fourth-order valence-electron chi connectivity index (χ4n) is 5.57. The lowest BCUT2D eigenvalue weighted by Crippen LogP contribution is -2.51. The van der Waals surface area contributed by atoms with Crippen LogP contribution >= 0.6 is 23.2 Å². The van der Waals surface area contributed by atoms with Crippen molar-refractivity contribution < 1.29 is 14.3 Å². The first-order valence-corrected chi connectivity index (χ1v) is 13.2. The zero-order valence-electron chi connectivity index (χ0n) is 22.3. The number of nitrogens with zero attached hydrogens (tertiary/aromatic N) is 3. The van der Waals surface area contributed by atoms with Crippen molar-refractivity contribution in [1.82, 2.24) is 9.78 Å². The Morgan fingerprint density at radius 3 is 2.46 bits per heavy atom. The van der Waals surface area contributed by atoms with Crippen LogP contribution in [0.4, 0.5) is 11.4 Å². The average Bonchev–Trinajstić information content (AvgIpc) is 3.44. The average molecular weight is 563 g/mol. The van der Waals surface area contributed by atoms with E-state index in [1.807, 2.05) is 75.2 Å². The molecule has 1 aromatic heterocycles. The van der Waals surface area contributed by atoms with Gasteiger partial charge in [-0.15, -0.1) is 0 Å². The number of anilines is 2. The quantitative estimate of drug-likeness (QED) is 0.252. The lowest BCUT2D eigenvalue weighted by Gasteiger charge is -2.40. The van der Waals surface area contributed by atoms with Gasteiger partial charge in [-0.1, -0.05) is 61.3 Å². The molecule has 9 heteroatoms. The number of likely N-dealkylation sites (N-methyl/N-ethyl adjacent to an activating group) is 1. The third kappa shape index (κ3) is 4.08. The number of carbonyl (C=O) groups excluding carboxylic acids is 2. The molecule has 5 rings (SSSR count). The number of aryl methyl sites for hydroxylation is 1. The number of aldehydes is 1. The van der Waals surface area contributed by atoms with Crippen LogP contribution in [0.5, 0.6) is 5.75 Å². The molecule has 0 saturated carbocycles. The maximum absolute atomic E-state index is 14.4. The molecule has 4 aromatic rings. The Hall–Kier alpha value is -3.81. The van der Waals surface area contributed by atoms with Crippen molar-refractivity contribution >= 4 is 46.8 Å². The van der Waals surface area contributed by atoms with Gasteiger partial charge in [-0.2, -0.15) is 5.10 Å². The molecule has 0 spiro atoms. The van der Waals surface area contributed by atoms with Gasteiger partial charge in [0.1, 0.15) is 17.1 Å². The molecular formula is C30H28Cl2N4O3. The van der Waals surface area contributed by atoms with Gasteiger partial charge < -0.3 is 15.0 Å². The van der Waals surface area contributed by atoms with E-state index in [2.05, 4.69) is 5.32 Å². The van der Waals surface area contributed by atoms with Gasteiger partial charge in [0.05, 0.1) is 12.8 Å². The molecule has 3 aromatic carbocycles. The Morgan fingerprint density at radius 1 is 1.08 bits per heavy atom. The summed E-state index contributed by atoms with van der Waals surface area (Å²) in [5.41, 5.74) is 3.39. The van der Waals surface area contributed by atoms with Crippen molar-refractivity contribution in [3.8, 4) is 11.4 Å². The van der Waals surface area contributed by atoms with Gasteiger partial charge >= 0.3 is 0 Å². The van der Waals surface area contributed by atoms with Crippen LogP contribution in [0.15, 0.2) is 60.7 Å². The summed E-state index contributed by atoms with van der Waals surface area (Å²) in [5, 5.41) is 8.80. The molecule has 2 heterocycles. The van der Waals surface area contributed by atoms with Crippen molar-refractivity contribution in [3.63, 3.8) is 0 Å². The number of nitrogens with one attached hydrogen (secondary N) is 1. The van der Waals surface area contributed by atoms with Crippen LogP contribution in [-0.4, -0.2) is 36.1 Å². The second kappa shape index (κ2) is 10.1. The number of hydrogen-bond acceptors (Lipinski definition) is 5. The third-order valence-corrected chi connectivity index (χ3v) is 7.74. The van der Waals surface area contributed by atoms with E-state index in [1.165, 1.54) is 0 Å². The van der Waals surface area contributed by atoms with Crippen LogP contribution in [0.3, 0.4) is 0 Å². The number of ether oxygens (including phenoxy) is 1. The highest BCUT2D eigenvalue weighted by molar-refractivity contribution is 6.31. The minimum absolute atomic E-state index is 0.138. The first-order chi connectivity index (χ1) is 18.6. The largest absolute Gasteiger partial charge is 0.494 e. The molecule has 1 aliphatic rings. The molecule has 0 bridgehead atoms.